The maximum Gasteiger partial charge on any atom is 0.201 e. The van der Waals surface area contributed by atoms with Crippen molar-refractivity contribution in [2.75, 3.05) is 0 Å². The summed E-state index contributed by atoms with van der Waals surface area (Å²) in [4.78, 5) is 12.2. The Bertz CT molecular complexity index is 900. The second-order valence-electron chi connectivity index (χ2n) is 4.65. The van der Waals surface area contributed by atoms with E-state index < -0.39 is 0 Å². The lowest BCUT2D eigenvalue weighted by atomic mass is 10.2. The van der Waals surface area contributed by atoms with E-state index in [1.807, 2.05) is 12.1 Å². The third-order valence-electron chi connectivity index (χ3n) is 3.08. The Hall–Kier alpha value is -2.93. The van der Waals surface area contributed by atoms with Gasteiger partial charge < -0.3 is 14.2 Å². The van der Waals surface area contributed by atoms with Crippen molar-refractivity contribution in [1.82, 2.24) is 10.7 Å². The Morgan fingerprint density at radius 2 is 2.09 bits per heavy atom. The van der Waals surface area contributed by atoms with E-state index >= 15 is 0 Å². The zero-order valence-corrected chi connectivity index (χ0v) is 12.8. The summed E-state index contributed by atoms with van der Waals surface area (Å²) in [5, 5.41) is 7.70. The highest BCUT2D eigenvalue weighted by molar-refractivity contribution is 7.80. The molecule has 0 unspecified atom stereocenters. The first-order chi connectivity index (χ1) is 11.2. The van der Waals surface area contributed by atoms with Gasteiger partial charge >= 0.3 is 0 Å². The average molecular weight is 327 g/mol. The number of furan rings is 1. The van der Waals surface area contributed by atoms with E-state index in [0.717, 1.165) is 5.76 Å². The number of hydrazone groups is 1. The lowest BCUT2D eigenvalue weighted by molar-refractivity contribution is 0.502. The van der Waals surface area contributed by atoms with E-state index in [1.54, 1.807) is 30.5 Å². The SMILES string of the molecule is O=c1c(/C=N\NC(=S)NCc2ccco2)coc2ccccc12. The highest BCUT2D eigenvalue weighted by atomic mass is 32.1. The van der Waals surface area contributed by atoms with Crippen LogP contribution in [-0.2, 0) is 6.54 Å². The van der Waals surface area contributed by atoms with Crippen molar-refractivity contribution >= 4 is 34.5 Å². The predicted molar refractivity (Wildman–Crippen MR) is 91.4 cm³/mol. The molecule has 3 aromatic rings. The minimum Gasteiger partial charge on any atom is -0.467 e. The van der Waals surface area contributed by atoms with Gasteiger partial charge in [0.25, 0.3) is 0 Å². The molecule has 1 aromatic carbocycles. The summed E-state index contributed by atoms with van der Waals surface area (Å²) < 4.78 is 10.6. The Balaban J connectivity index is 1.63. The van der Waals surface area contributed by atoms with E-state index in [0.29, 0.717) is 28.2 Å². The van der Waals surface area contributed by atoms with Crippen LogP contribution in [-0.4, -0.2) is 11.3 Å². The van der Waals surface area contributed by atoms with Crippen LogP contribution in [0.15, 0.2) is 67.7 Å². The molecule has 6 nitrogen and oxygen atoms in total. The van der Waals surface area contributed by atoms with Crippen molar-refractivity contribution in [3.63, 3.8) is 0 Å². The minimum absolute atomic E-state index is 0.146. The van der Waals surface area contributed by atoms with Gasteiger partial charge in [-0.05, 0) is 36.5 Å². The van der Waals surface area contributed by atoms with Crippen LogP contribution in [0.1, 0.15) is 11.3 Å². The molecule has 0 fully saturated rings. The first kappa shape index (κ1) is 15.0. The molecule has 7 heteroatoms. The normalized spacial score (nSPS) is 11.0. The molecule has 0 spiro atoms. The van der Waals surface area contributed by atoms with Gasteiger partial charge in [0.2, 0.25) is 5.43 Å². The maximum atomic E-state index is 12.2. The highest BCUT2D eigenvalue weighted by Gasteiger charge is 2.04. The highest BCUT2D eigenvalue weighted by Crippen LogP contribution is 2.09. The average Bonchev–Trinajstić information content (AvgIpc) is 3.09. The number of hydrogen-bond donors (Lipinski definition) is 2. The van der Waals surface area contributed by atoms with Crippen molar-refractivity contribution in [3.05, 3.63) is 70.5 Å². The number of para-hydroxylation sites is 1. The van der Waals surface area contributed by atoms with Gasteiger partial charge in [-0.2, -0.15) is 5.10 Å². The minimum atomic E-state index is -0.146. The molecule has 0 aliphatic rings. The Morgan fingerprint density at radius 1 is 1.22 bits per heavy atom. The van der Waals surface area contributed by atoms with Crippen LogP contribution in [0.5, 0.6) is 0 Å². The van der Waals surface area contributed by atoms with Crippen molar-refractivity contribution in [2.24, 2.45) is 5.10 Å². The molecule has 0 radical (unpaired) electrons. The van der Waals surface area contributed by atoms with Gasteiger partial charge in [-0.25, -0.2) is 0 Å². The molecule has 3 rings (SSSR count). The van der Waals surface area contributed by atoms with Gasteiger partial charge in [-0.3, -0.25) is 10.2 Å². The fourth-order valence-electron chi connectivity index (χ4n) is 1.96. The summed E-state index contributed by atoms with van der Waals surface area (Å²) >= 11 is 5.07. The fraction of sp³-hybridized carbons (Fsp3) is 0.0625. The van der Waals surface area contributed by atoms with Gasteiger partial charge in [-0.1, -0.05) is 12.1 Å². The Labute approximate surface area is 136 Å². The van der Waals surface area contributed by atoms with Gasteiger partial charge in [0.1, 0.15) is 17.6 Å². The molecule has 23 heavy (non-hydrogen) atoms. The Morgan fingerprint density at radius 3 is 2.91 bits per heavy atom. The number of nitrogens with one attached hydrogen (secondary N) is 2. The number of nitrogens with zero attached hydrogens (tertiary/aromatic N) is 1. The van der Waals surface area contributed by atoms with E-state index in [2.05, 4.69) is 15.8 Å². The number of fused-ring (bicyclic) bond motifs is 1. The van der Waals surface area contributed by atoms with E-state index in [9.17, 15) is 4.79 Å². The first-order valence-corrected chi connectivity index (χ1v) is 7.25. The number of benzene rings is 1. The molecule has 2 N–H and O–H groups in total. The molecule has 0 saturated carbocycles. The summed E-state index contributed by atoms with van der Waals surface area (Å²) in [6, 6.07) is 10.7. The van der Waals surface area contributed by atoms with Crippen LogP contribution >= 0.6 is 12.2 Å². The van der Waals surface area contributed by atoms with Crippen LogP contribution < -0.4 is 16.2 Å². The molecular formula is C16H13N3O3S. The maximum absolute atomic E-state index is 12.2. The summed E-state index contributed by atoms with van der Waals surface area (Å²) in [5.74, 6) is 0.758. The molecule has 0 saturated heterocycles. The summed E-state index contributed by atoms with van der Waals surface area (Å²) in [5.41, 5.74) is 3.37. The number of hydrogen-bond acceptors (Lipinski definition) is 5. The summed E-state index contributed by atoms with van der Waals surface area (Å²) in [7, 11) is 0. The second kappa shape index (κ2) is 6.89. The van der Waals surface area contributed by atoms with Crippen molar-refractivity contribution in [2.45, 2.75) is 6.54 Å². The van der Waals surface area contributed by atoms with Crippen LogP contribution in [0.4, 0.5) is 0 Å². The van der Waals surface area contributed by atoms with Crippen molar-refractivity contribution in [3.8, 4) is 0 Å². The zero-order chi connectivity index (χ0) is 16.1. The lowest BCUT2D eigenvalue weighted by Gasteiger charge is -2.04. The molecule has 0 aliphatic heterocycles. The second-order valence-corrected chi connectivity index (χ2v) is 5.06. The molecule has 2 heterocycles. The third kappa shape index (κ3) is 3.64. The van der Waals surface area contributed by atoms with E-state index in [-0.39, 0.29) is 5.43 Å². The molecule has 0 atom stereocenters. The molecular weight excluding hydrogens is 314 g/mol. The molecule has 0 amide bonds. The van der Waals surface area contributed by atoms with Gasteiger partial charge in [0.05, 0.1) is 30.0 Å². The van der Waals surface area contributed by atoms with Gasteiger partial charge in [0.15, 0.2) is 5.11 Å². The molecule has 2 aromatic heterocycles. The third-order valence-corrected chi connectivity index (χ3v) is 3.32. The summed E-state index contributed by atoms with van der Waals surface area (Å²) in [6.07, 6.45) is 4.33. The smallest absolute Gasteiger partial charge is 0.201 e. The standard InChI is InChI=1S/C16H13N3O3S/c20-15-11(10-22-14-6-2-1-5-13(14)15)8-18-19-16(23)17-9-12-4-3-7-21-12/h1-8,10H,9H2,(H2,17,19,23)/b18-8-. The largest absolute Gasteiger partial charge is 0.467 e. The van der Waals surface area contributed by atoms with Crippen molar-refractivity contribution < 1.29 is 8.83 Å². The van der Waals surface area contributed by atoms with Gasteiger partial charge in [-0.15, -0.1) is 0 Å². The van der Waals surface area contributed by atoms with Crippen LogP contribution in [0.25, 0.3) is 11.0 Å². The van der Waals surface area contributed by atoms with Gasteiger partial charge in [0, 0.05) is 0 Å². The molecule has 0 aliphatic carbocycles. The van der Waals surface area contributed by atoms with Crippen LogP contribution in [0.3, 0.4) is 0 Å². The molecule has 116 valence electrons. The number of rotatable bonds is 4. The van der Waals surface area contributed by atoms with Crippen molar-refractivity contribution in [1.29, 1.82) is 0 Å². The predicted octanol–water partition coefficient (Wildman–Crippen LogP) is 2.38. The number of thiocarbonyl (C=S) groups is 1. The van der Waals surface area contributed by atoms with Crippen LogP contribution in [0.2, 0.25) is 0 Å². The topological polar surface area (TPSA) is 79.8 Å². The summed E-state index contributed by atoms with van der Waals surface area (Å²) in [6.45, 7) is 0.451. The van der Waals surface area contributed by atoms with E-state index in [1.165, 1.54) is 12.5 Å². The van der Waals surface area contributed by atoms with E-state index in [4.69, 9.17) is 21.1 Å². The fourth-order valence-corrected chi connectivity index (χ4v) is 2.09. The monoisotopic (exact) mass is 327 g/mol. The lowest BCUT2D eigenvalue weighted by Crippen LogP contribution is -2.31. The zero-order valence-electron chi connectivity index (χ0n) is 12.0. The Kier molecular flexibility index (Phi) is 4.49. The molecule has 0 bridgehead atoms. The van der Waals surface area contributed by atoms with Crippen LogP contribution in [0, 0.1) is 0 Å². The quantitative estimate of drug-likeness (QED) is 0.435. The first-order valence-electron chi connectivity index (χ1n) is 6.84.